The smallest absolute Gasteiger partial charge is 0.0917 e. The molecule has 0 aliphatic carbocycles. The molecule has 14 heavy (non-hydrogen) atoms. The van der Waals surface area contributed by atoms with Crippen LogP contribution in [0.5, 0.6) is 0 Å². The van der Waals surface area contributed by atoms with Crippen molar-refractivity contribution in [1.29, 1.82) is 0 Å². The summed E-state index contributed by atoms with van der Waals surface area (Å²) in [5.74, 6) is 1.37. The lowest BCUT2D eigenvalue weighted by Crippen LogP contribution is -2.22. The molecule has 2 rings (SSSR count). The molecule has 5 heteroatoms. The molecular weight excluding hydrogens is 241 g/mol. The van der Waals surface area contributed by atoms with Crippen LogP contribution in [0.25, 0.3) is 0 Å². The monoisotopic (exact) mass is 249 g/mol. The molecule has 1 aliphatic heterocycles. The van der Waals surface area contributed by atoms with E-state index in [1.54, 1.807) is 18.2 Å². The third kappa shape index (κ3) is 2.05. The van der Waals surface area contributed by atoms with E-state index in [1.165, 1.54) is 0 Å². The maximum atomic E-state index is 11.8. The number of nitrogens with zero attached hydrogens (tertiary/aromatic N) is 1. The van der Waals surface area contributed by atoms with E-state index in [-0.39, 0.29) is 0 Å². The highest BCUT2D eigenvalue weighted by Gasteiger charge is 2.19. The zero-order valence-corrected chi connectivity index (χ0v) is 9.70. The largest absolute Gasteiger partial charge is 0.249 e. The Bertz CT molecular complexity index is 468. The normalized spacial score (nSPS) is 18.7. The lowest BCUT2D eigenvalue weighted by Gasteiger charge is -2.17. The number of benzene rings is 1. The maximum absolute atomic E-state index is 11.8. The Balaban J connectivity index is 2.43. The number of hydrogen-bond donors (Lipinski definition) is 0. The minimum absolute atomic E-state index is 0.465. The fraction of sp³-hybridized carbons (Fsp3) is 0.333. The number of hydrogen-bond acceptors (Lipinski definition) is 2. The van der Waals surface area contributed by atoms with E-state index in [4.69, 9.17) is 23.2 Å². The molecule has 0 bridgehead atoms. The fourth-order valence-electron chi connectivity index (χ4n) is 1.22. The van der Waals surface area contributed by atoms with Crippen LogP contribution in [-0.4, -0.2) is 15.7 Å². The zero-order valence-electron chi connectivity index (χ0n) is 7.37. The van der Waals surface area contributed by atoms with Gasteiger partial charge in [-0.15, -0.1) is 0 Å². The molecule has 0 saturated carbocycles. The predicted octanol–water partition coefficient (Wildman–Crippen LogP) is 3.50. The highest BCUT2D eigenvalue weighted by Crippen LogP contribution is 2.30. The third-order valence-electron chi connectivity index (χ3n) is 2.10. The van der Waals surface area contributed by atoms with Crippen molar-refractivity contribution in [2.45, 2.75) is 6.42 Å². The first kappa shape index (κ1) is 10.3. The third-order valence-corrected chi connectivity index (χ3v) is 5.02. The molecule has 1 aliphatic rings. The van der Waals surface area contributed by atoms with Gasteiger partial charge in [0.15, 0.2) is 0 Å². The van der Waals surface area contributed by atoms with E-state index in [0.717, 1.165) is 6.42 Å². The highest BCUT2D eigenvalue weighted by atomic mass is 35.5. The minimum Gasteiger partial charge on any atom is -0.249 e. The minimum atomic E-state index is -1.98. The summed E-state index contributed by atoms with van der Waals surface area (Å²) in [6.45, 7) is 0. The van der Waals surface area contributed by atoms with Crippen LogP contribution in [0.15, 0.2) is 22.6 Å². The second-order valence-corrected chi connectivity index (χ2v) is 6.61. The van der Waals surface area contributed by atoms with Crippen LogP contribution in [0.2, 0.25) is 10.0 Å². The first-order valence-corrected chi connectivity index (χ1v) is 6.88. The Morgan fingerprint density at radius 3 is 2.50 bits per heavy atom. The van der Waals surface area contributed by atoms with Gasteiger partial charge in [-0.05, 0) is 24.6 Å². The van der Waals surface area contributed by atoms with Crippen LogP contribution in [0.3, 0.4) is 0 Å². The van der Waals surface area contributed by atoms with Crippen molar-refractivity contribution < 1.29 is 4.21 Å². The molecule has 0 amide bonds. The predicted molar refractivity (Wildman–Crippen MR) is 61.0 cm³/mol. The average Bonchev–Trinajstić information content (AvgIpc) is 2.07. The second-order valence-electron chi connectivity index (χ2n) is 3.22. The van der Waals surface area contributed by atoms with Crippen LogP contribution in [-0.2, 0) is 9.73 Å². The lowest BCUT2D eigenvalue weighted by atomic mass is 10.3. The first-order valence-electron chi connectivity index (χ1n) is 4.27. The molecule has 1 aromatic carbocycles. The zero-order chi connectivity index (χ0) is 10.2. The SMILES string of the molecule is O=S1(=Nc2ccc(Cl)cc2Cl)CCC1. The van der Waals surface area contributed by atoms with E-state index < -0.39 is 9.73 Å². The van der Waals surface area contributed by atoms with Gasteiger partial charge in [-0.25, -0.2) is 4.21 Å². The number of halogens is 2. The van der Waals surface area contributed by atoms with Gasteiger partial charge in [-0.3, -0.25) is 0 Å². The van der Waals surface area contributed by atoms with Crippen molar-refractivity contribution in [3.63, 3.8) is 0 Å². The summed E-state index contributed by atoms with van der Waals surface area (Å²) in [4.78, 5) is 0. The topological polar surface area (TPSA) is 29.4 Å². The van der Waals surface area contributed by atoms with Crippen molar-refractivity contribution >= 4 is 38.6 Å². The quantitative estimate of drug-likeness (QED) is 0.750. The van der Waals surface area contributed by atoms with E-state index in [2.05, 4.69) is 4.36 Å². The Hall–Kier alpha value is -0.250. The summed E-state index contributed by atoms with van der Waals surface area (Å²) in [6, 6.07) is 5.02. The van der Waals surface area contributed by atoms with E-state index in [9.17, 15) is 4.21 Å². The van der Waals surface area contributed by atoms with Gasteiger partial charge in [0.1, 0.15) is 0 Å². The van der Waals surface area contributed by atoms with Crippen molar-refractivity contribution in [3.05, 3.63) is 28.2 Å². The molecule has 76 valence electrons. The van der Waals surface area contributed by atoms with Gasteiger partial charge in [0.25, 0.3) is 0 Å². The van der Waals surface area contributed by atoms with Gasteiger partial charge in [0, 0.05) is 16.5 Å². The average molecular weight is 250 g/mol. The first-order chi connectivity index (χ1) is 6.59. The summed E-state index contributed by atoms with van der Waals surface area (Å²) >= 11 is 11.7. The molecule has 0 spiro atoms. The molecule has 1 aromatic rings. The molecular formula is C9H9Cl2NOS. The van der Waals surface area contributed by atoms with Gasteiger partial charge >= 0.3 is 0 Å². The lowest BCUT2D eigenvalue weighted by molar-refractivity contribution is 0.663. The van der Waals surface area contributed by atoms with Crippen LogP contribution in [0, 0.1) is 0 Å². The Kier molecular flexibility index (Phi) is 2.73. The van der Waals surface area contributed by atoms with Gasteiger partial charge in [-0.2, -0.15) is 4.36 Å². The second kappa shape index (κ2) is 3.72. The van der Waals surface area contributed by atoms with Crippen molar-refractivity contribution in [1.82, 2.24) is 0 Å². The summed E-state index contributed by atoms with van der Waals surface area (Å²) in [6.07, 6.45) is 0.994. The van der Waals surface area contributed by atoms with E-state index in [1.807, 2.05) is 0 Å². The maximum Gasteiger partial charge on any atom is 0.0917 e. The van der Waals surface area contributed by atoms with Crippen molar-refractivity contribution in [2.24, 2.45) is 4.36 Å². The van der Waals surface area contributed by atoms with Gasteiger partial charge < -0.3 is 0 Å². The van der Waals surface area contributed by atoms with Gasteiger partial charge in [0.2, 0.25) is 0 Å². The van der Waals surface area contributed by atoms with Gasteiger partial charge in [0.05, 0.1) is 20.4 Å². The molecule has 0 N–H and O–H groups in total. The summed E-state index contributed by atoms with van der Waals surface area (Å²) in [7, 11) is -1.98. The fourth-order valence-corrected chi connectivity index (χ4v) is 3.20. The molecule has 0 unspecified atom stereocenters. The highest BCUT2D eigenvalue weighted by molar-refractivity contribution is 7.95. The molecule has 0 atom stereocenters. The van der Waals surface area contributed by atoms with Crippen molar-refractivity contribution in [2.75, 3.05) is 11.5 Å². The number of rotatable bonds is 1. The van der Waals surface area contributed by atoms with Crippen LogP contribution < -0.4 is 0 Å². The molecule has 0 radical (unpaired) electrons. The standard InChI is InChI=1S/C9H9Cl2NOS/c10-7-2-3-9(8(11)6-7)12-14(13)4-1-5-14/h2-3,6H,1,4-5H2. The van der Waals surface area contributed by atoms with Crippen LogP contribution in [0.1, 0.15) is 6.42 Å². The Morgan fingerprint density at radius 1 is 1.29 bits per heavy atom. The molecule has 1 saturated heterocycles. The molecule has 2 nitrogen and oxygen atoms in total. The molecule has 0 aromatic heterocycles. The Labute approximate surface area is 93.4 Å². The summed E-state index contributed by atoms with van der Waals surface area (Å²) in [5.41, 5.74) is 0.584. The summed E-state index contributed by atoms with van der Waals surface area (Å²) < 4.78 is 16.0. The Morgan fingerprint density at radius 2 is 2.00 bits per heavy atom. The van der Waals surface area contributed by atoms with Crippen molar-refractivity contribution in [3.8, 4) is 0 Å². The van der Waals surface area contributed by atoms with Gasteiger partial charge in [-0.1, -0.05) is 23.2 Å². The molecule has 1 fully saturated rings. The summed E-state index contributed by atoms with van der Waals surface area (Å²) in [5, 5.41) is 1.03. The van der Waals surface area contributed by atoms with E-state index >= 15 is 0 Å². The van der Waals surface area contributed by atoms with Crippen LogP contribution >= 0.6 is 23.2 Å². The van der Waals surface area contributed by atoms with E-state index in [0.29, 0.717) is 27.2 Å². The van der Waals surface area contributed by atoms with Crippen LogP contribution in [0.4, 0.5) is 5.69 Å². The molecule has 1 heterocycles.